The standard InChI is InChI=1S/C15H17N3O/c1-2-18(9-5-8-16)11-15(19)13-10-17-14-7-4-3-6-12(13)14/h3-4,6-7,10,17H,2,5,9,11H2,1H3. The zero-order chi connectivity index (χ0) is 13.7. The number of rotatable bonds is 6. The summed E-state index contributed by atoms with van der Waals surface area (Å²) >= 11 is 0. The van der Waals surface area contributed by atoms with Gasteiger partial charge >= 0.3 is 0 Å². The Balaban J connectivity index is 2.13. The van der Waals surface area contributed by atoms with Crippen LogP contribution in [0.4, 0.5) is 0 Å². The van der Waals surface area contributed by atoms with Crippen molar-refractivity contribution >= 4 is 16.7 Å². The number of likely N-dealkylation sites (N-methyl/N-ethyl adjacent to an activating group) is 1. The Labute approximate surface area is 112 Å². The molecule has 0 aliphatic heterocycles. The number of carbonyl (C=O) groups is 1. The molecule has 1 heterocycles. The Bertz CT molecular complexity index is 609. The van der Waals surface area contributed by atoms with Gasteiger partial charge in [-0.1, -0.05) is 25.1 Å². The average molecular weight is 255 g/mol. The van der Waals surface area contributed by atoms with Gasteiger partial charge in [-0.2, -0.15) is 5.26 Å². The third-order valence-electron chi connectivity index (χ3n) is 3.24. The smallest absolute Gasteiger partial charge is 0.178 e. The lowest BCUT2D eigenvalue weighted by atomic mass is 10.1. The summed E-state index contributed by atoms with van der Waals surface area (Å²) in [6.07, 6.45) is 2.22. The van der Waals surface area contributed by atoms with Crippen LogP contribution in [0.15, 0.2) is 30.5 Å². The number of nitriles is 1. The lowest BCUT2D eigenvalue weighted by Crippen LogP contribution is -2.30. The van der Waals surface area contributed by atoms with E-state index in [9.17, 15) is 4.79 Å². The third-order valence-corrected chi connectivity index (χ3v) is 3.24. The van der Waals surface area contributed by atoms with Crippen molar-refractivity contribution in [3.63, 3.8) is 0 Å². The Hall–Kier alpha value is -2.12. The van der Waals surface area contributed by atoms with Crippen molar-refractivity contribution in [3.05, 3.63) is 36.0 Å². The fraction of sp³-hybridized carbons (Fsp3) is 0.333. The monoisotopic (exact) mass is 255 g/mol. The summed E-state index contributed by atoms with van der Waals surface area (Å²) in [6.45, 7) is 3.77. The van der Waals surface area contributed by atoms with E-state index < -0.39 is 0 Å². The summed E-state index contributed by atoms with van der Waals surface area (Å²) < 4.78 is 0. The van der Waals surface area contributed by atoms with Gasteiger partial charge in [0.05, 0.1) is 12.6 Å². The molecule has 0 unspecified atom stereocenters. The minimum atomic E-state index is 0.0947. The molecule has 0 bridgehead atoms. The minimum Gasteiger partial charge on any atom is -0.360 e. The topological polar surface area (TPSA) is 59.9 Å². The van der Waals surface area contributed by atoms with E-state index >= 15 is 0 Å². The number of nitrogens with zero attached hydrogens (tertiary/aromatic N) is 2. The quantitative estimate of drug-likeness (QED) is 0.807. The molecule has 0 spiro atoms. The zero-order valence-corrected chi connectivity index (χ0v) is 11.0. The van der Waals surface area contributed by atoms with Crippen molar-refractivity contribution < 1.29 is 4.79 Å². The summed E-state index contributed by atoms with van der Waals surface area (Å²) in [5.41, 5.74) is 1.71. The van der Waals surface area contributed by atoms with E-state index in [-0.39, 0.29) is 5.78 Å². The molecule has 4 nitrogen and oxygen atoms in total. The molecule has 0 fully saturated rings. The predicted molar refractivity (Wildman–Crippen MR) is 75.0 cm³/mol. The number of nitrogens with one attached hydrogen (secondary N) is 1. The highest BCUT2D eigenvalue weighted by molar-refractivity contribution is 6.08. The normalized spacial score (nSPS) is 10.8. The van der Waals surface area contributed by atoms with Crippen LogP contribution in [0.25, 0.3) is 10.9 Å². The maximum atomic E-state index is 12.3. The molecule has 0 aliphatic rings. The van der Waals surface area contributed by atoms with Gasteiger partial charge in [0.2, 0.25) is 0 Å². The van der Waals surface area contributed by atoms with Gasteiger partial charge in [-0.05, 0) is 12.6 Å². The molecular formula is C15H17N3O. The van der Waals surface area contributed by atoms with Crippen LogP contribution in [0.5, 0.6) is 0 Å². The first-order chi connectivity index (χ1) is 9.26. The van der Waals surface area contributed by atoms with E-state index in [1.807, 2.05) is 36.1 Å². The van der Waals surface area contributed by atoms with E-state index in [2.05, 4.69) is 11.1 Å². The zero-order valence-electron chi connectivity index (χ0n) is 11.0. The molecule has 1 N–H and O–H groups in total. The summed E-state index contributed by atoms with van der Waals surface area (Å²) in [6, 6.07) is 9.89. The molecule has 1 aromatic heterocycles. The number of benzene rings is 1. The summed E-state index contributed by atoms with van der Waals surface area (Å²) in [7, 11) is 0. The molecule has 0 aliphatic carbocycles. The van der Waals surface area contributed by atoms with Gasteiger partial charge in [0.25, 0.3) is 0 Å². The highest BCUT2D eigenvalue weighted by Crippen LogP contribution is 2.18. The SMILES string of the molecule is CCN(CCC#N)CC(=O)c1c[nH]c2ccccc12. The highest BCUT2D eigenvalue weighted by atomic mass is 16.1. The Morgan fingerprint density at radius 3 is 2.95 bits per heavy atom. The summed E-state index contributed by atoms with van der Waals surface area (Å²) in [5.74, 6) is 0.0947. The number of H-pyrrole nitrogens is 1. The molecule has 0 amide bonds. The van der Waals surface area contributed by atoms with Crippen LogP contribution in [-0.4, -0.2) is 35.3 Å². The largest absolute Gasteiger partial charge is 0.360 e. The first-order valence-corrected chi connectivity index (χ1v) is 6.45. The van der Waals surface area contributed by atoms with Crippen LogP contribution in [-0.2, 0) is 0 Å². The molecule has 0 saturated carbocycles. The van der Waals surface area contributed by atoms with E-state index in [0.717, 1.165) is 23.0 Å². The number of Topliss-reactive ketones (excluding diaryl/α,β-unsaturated/α-hetero) is 1. The van der Waals surface area contributed by atoms with Gasteiger partial charge < -0.3 is 4.98 Å². The van der Waals surface area contributed by atoms with E-state index in [4.69, 9.17) is 5.26 Å². The highest BCUT2D eigenvalue weighted by Gasteiger charge is 2.14. The Kier molecular flexibility index (Phi) is 4.32. The van der Waals surface area contributed by atoms with Crippen LogP contribution < -0.4 is 0 Å². The van der Waals surface area contributed by atoms with Gasteiger partial charge in [0, 0.05) is 35.6 Å². The number of aromatic nitrogens is 1. The van der Waals surface area contributed by atoms with Crippen molar-refractivity contribution in [2.75, 3.05) is 19.6 Å². The van der Waals surface area contributed by atoms with Crippen molar-refractivity contribution in [1.82, 2.24) is 9.88 Å². The van der Waals surface area contributed by atoms with Gasteiger partial charge in [0.15, 0.2) is 5.78 Å². The van der Waals surface area contributed by atoms with Crippen LogP contribution in [0.3, 0.4) is 0 Å². The predicted octanol–water partition coefficient (Wildman–Crippen LogP) is 2.59. The second-order valence-corrected chi connectivity index (χ2v) is 4.45. The lowest BCUT2D eigenvalue weighted by Gasteiger charge is -2.17. The Morgan fingerprint density at radius 1 is 1.42 bits per heavy atom. The van der Waals surface area contributed by atoms with Crippen molar-refractivity contribution in [2.45, 2.75) is 13.3 Å². The van der Waals surface area contributed by atoms with Crippen LogP contribution in [0, 0.1) is 11.3 Å². The van der Waals surface area contributed by atoms with Crippen molar-refractivity contribution in [2.24, 2.45) is 0 Å². The van der Waals surface area contributed by atoms with Crippen LogP contribution in [0.1, 0.15) is 23.7 Å². The second kappa shape index (κ2) is 6.17. The molecule has 0 saturated heterocycles. The first-order valence-electron chi connectivity index (χ1n) is 6.45. The van der Waals surface area contributed by atoms with Crippen molar-refractivity contribution in [1.29, 1.82) is 5.26 Å². The number of fused-ring (bicyclic) bond motifs is 1. The molecule has 0 atom stereocenters. The van der Waals surface area contributed by atoms with Crippen LogP contribution in [0.2, 0.25) is 0 Å². The van der Waals surface area contributed by atoms with E-state index in [1.54, 1.807) is 6.20 Å². The number of carbonyl (C=O) groups excluding carboxylic acids is 1. The fourth-order valence-corrected chi connectivity index (χ4v) is 2.15. The molecule has 0 radical (unpaired) electrons. The fourth-order valence-electron chi connectivity index (χ4n) is 2.15. The third kappa shape index (κ3) is 3.01. The van der Waals surface area contributed by atoms with Crippen molar-refractivity contribution in [3.8, 4) is 6.07 Å². The number of hydrogen-bond donors (Lipinski definition) is 1. The molecule has 4 heteroatoms. The average Bonchev–Trinajstić information content (AvgIpc) is 2.87. The number of para-hydroxylation sites is 1. The molecule has 1 aromatic carbocycles. The van der Waals surface area contributed by atoms with Crippen LogP contribution >= 0.6 is 0 Å². The molecular weight excluding hydrogens is 238 g/mol. The number of hydrogen-bond acceptors (Lipinski definition) is 3. The number of ketones is 1. The second-order valence-electron chi connectivity index (χ2n) is 4.45. The minimum absolute atomic E-state index is 0.0947. The van der Waals surface area contributed by atoms with E-state index in [1.165, 1.54) is 0 Å². The van der Waals surface area contributed by atoms with Gasteiger partial charge in [-0.15, -0.1) is 0 Å². The molecule has 2 rings (SSSR count). The lowest BCUT2D eigenvalue weighted by molar-refractivity contribution is 0.0937. The maximum Gasteiger partial charge on any atom is 0.178 e. The molecule has 98 valence electrons. The van der Waals surface area contributed by atoms with Gasteiger partial charge in [0.1, 0.15) is 0 Å². The Morgan fingerprint density at radius 2 is 2.21 bits per heavy atom. The summed E-state index contributed by atoms with van der Waals surface area (Å²) in [5, 5.41) is 9.57. The molecule has 2 aromatic rings. The van der Waals surface area contributed by atoms with Gasteiger partial charge in [-0.3, -0.25) is 9.69 Å². The first kappa shape index (κ1) is 13.3. The number of aromatic amines is 1. The molecule has 19 heavy (non-hydrogen) atoms. The van der Waals surface area contributed by atoms with Gasteiger partial charge in [-0.25, -0.2) is 0 Å². The van der Waals surface area contributed by atoms with E-state index in [0.29, 0.717) is 19.5 Å². The maximum absolute atomic E-state index is 12.3. The summed E-state index contributed by atoms with van der Waals surface area (Å²) in [4.78, 5) is 17.4.